The lowest BCUT2D eigenvalue weighted by atomic mass is 9.76. The van der Waals surface area contributed by atoms with Crippen LogP contribution >= 0.6 is 0 Å². The van der Waals surface area contributed by atoms with Crippen molar-refractivity contribution in [3.05, 3.63) is 66.1 Å². The van der Waals surface area contributed by atoms with Gasteiger partial charge >= 0.3 is 0 Å². The van der Waals surface area contributed by atoms with E-state index in [4.69, 9.17) is 15.2 Å². The molecule has 3 aromatic heterocycles. The van der Waals surface area contributed by atoms with Crippen molar-refractivity contribution in [1.82, 2.24) is 19.6 Å². The first-order valence-corrected chi connectivity index (χ1v) is 13.5. The molecule has 3 unspecified atom stereocenters. The number of rotatable bonds is 6. The third-order valence-corrected chi connectivity index (χ3v) is 7.65. The van der Waals surface area contributed by atoms with E-state index in [1.807, 2.05) is 6.07 Å². The zero-order chi connectivity index (χ0) is 26.9. The van der Waals surface area contributed by atoms with Crippen LogP contribution in [0.3, 0.4) is 0 Å². The molecule has 4 aromatic rings. The third-order valence-electron chi connectivity index (χ3n) is 7.65. The van der Waals surface area contributed by atoms with Crippen LogP contribution in [-0.2, 0) is 4.74 Å². The van der Waals surface area contributed by atoms with Crippen molar-refractivity contribution in [3.63, 3.8) is 0 Å². The van der Waals surface area contributed by atoms with Gasteiger partial charge in [0.05, 0.1) is 48.1 Å². The van der Waals surface area contributed by atoms with E-state index in [0.29, 0.717) is 49.4 Å². The number of aromatic nitrogens is 4. The molecule has 4 heterocycles. The summed E-state index contributed by atoms with van der Waals surface area (Å²) >= 11 is 0. The molecule has 39 heavy (non-hydrogen) atoms. The highest BCUT2D eigenvalue weighted by Gasteiger charge is 2.27. The number of nitrogens with one attached hydrogen (secondary N) is 1. The maximum Gasteiger partial charge on any atom is 0.229 e. The first-order chi connectivity index (χ1) is 18.9. The molecule has 1 saturated carbocycles. The maximum absolute atomic E-state index is 15.2. The molecule has 0 radical (unpaired) electrons. The minimum atomic E-state index is -0.740. The molecular weight excluding hydrogens is 502 g/mol. The van der Waals surface area contributed by atoms with Crippen LogP contribution in [0.2, 0.25) is 0 Å². The van der Waals surface area contributed by atoms with Gasteiger partial charge in [-0.1, -0.05) is 6.92 Å². The highest BCUT2D eigenvalue weighted by Crippen LogP contribution is 2.39. The summed E-state index contributed by atoms with van der Waals surface area (Å²) in [4.78, 5) is 8.79. The van der Waals surface area contributed by atoms with Gasteiger partial charge in [-0.15, -0.1) is 0 Å². The molecule has 3 atom stereocenters. The Kier molecular flexibility index (Phi) is 7.14. The number of fused-ring (bicyclic) bond motifs is 1. The van der Waals surface area contributed by atoms with E-state index in [1.54, 1.807) is 35.2 Å². The molecule has 6 rings (SSSR count). The van der Waals surface area contributed by atoms with Crippen molar-refractivity contribution in [1.29, 1.82) is 0 Å². The second kappa shape index (κ2) is 10.9. The fourth-order valence-electron chi connectivity index (χ4n) is 5.85. The van der Waals surface area contributed by atoms with Crippen LogP contribution in [0.1, 0.15) is 50.5 Å². The Morgan fingerprint density at radius 3 is 2.62 bits per heavy atom. The molecule has 2 aliphatic rings. The first kappa shape index (κ1) is 25.6. The number of benzene rings is 1. The van der Waals surface area contributed by atoms with Gasteiger partial charge in [0.25, 0.3) is 0 Å². The highest BCUT2D eigenvalue weighted by molar-refractivity contribution is 5.66. The number of imidazole rings is 1. The molecule has 1 aliphatic carbocycles. The Bertz CT molecular complexity index is 1440. The SMILES string of the molecule is CC1CC(N)CC(c2ccncc2Nc2ncc3ccc(-c4c(F)cc(OC5CCOCC5)cc4F)nn23)C1. The van der Waals surface area contributed by atoms with E-state index in [9.17, 15) is 0 Å². The smallest absolute Gasteiger partial charge is 0.229 e. The minimum absolute atomic E-state index is 0.123. The predicted octanol–water partition coefficient (Wildman–Crippen LogP) is 5.60. The average Bonchev–Trinajstić information content (AvgIpc) is 3.30. The van der Waals surface area contributed by atoms with Gasteiger partial charge in [-0.3, -0.25) is 4.98 Å². The van der Waals surface area contributed by atoms with Crippen LogP contribution in [0, 0.1) is 17.6 Å². The normalized spacial score (nSPS) is 22.2. The number of hydrogen-bond donors (Lipinski definition) is 2. The topological polar surface area (TPSA) is 99.6 Å². The molecule has 8 nitrogen and oxygen atoms in total. The average molecular weight is 535 g/mol. The molecule has 3 N–H and O–H groups in total. The van der Waals surface area contributed by atoms with Crippen molar-refractivity contribution in [2.75, 3.05) is 18.5 Å². The fourth-order valence-corrected chi connectivity index (χ4v) is 5.85. The van der Waals surface area contributed by atoms with Crippen molar-refractivity contribution in [3.8, 4) is 17.0 Å². The van der Waals surface area contributed by atoms with Crippen LogP contribution < -0.4 is 15.8 Å². The van der Waals surface area contributed by atoms with Crippen LogP contribution in [0.25, 0.3) is 16.8 Å². The molecule has 0 bridgehead atoms. The molecule has 0 amide bonds. The van der Waals surface area contributed by atoms with Crippen molar-refractivity contribution < 1.29 is 18.3 Å². The summed E-state index contributed by atoms with van der Waals surface area (Å²) in [7, 11) is 0. The van der Waals surface area contributed by atoms with Gasteiger partial charge in [-0.05, 0) is 54.9 Å². The molecule has 1 saturated heterocycles. The summed E-state index contributed by atoms with van der Waals surface area (Å²) in [5.74, 6) is -0.0580. The summed E-state index contributed by atoms with van der Waals surface area (Å²) in [6.07, 6.45) is 9.43. The number of nitrogens with zero attached hydrogens (tertiary/aromatic N) is 4. The van der Waals surface area contributed by atoms with Gasteiger partial charge in [-0.25, -0.2) is 13.8 Å². The van der Waals surface area contributed by atoms with Gasteiger partial charge in [0.15, 0.2) is 0 Å². The monoisotopic (exact) mass is 534 g/mol. The summed E-state index contributed by atoms with van der Waals surface area (Å²) in [6.45, 7) is 3.38. The molecule has 1 aromatic carbocycles. The van der Waals surface area contributed by atoms with Crippen molar-refractivity contribution in [2.45, 2.75) is 57.1 Å². The van der Waals surface area contributed by atoms with Gasteiger partial charge in [0.1, 0.15) is 23.5 Å². The fraction of sp³-hybridized carbons (Fsp3) is 0.414. The molecular formula is C29H32F2N6O2. The third kappa shape index (κ3) is 5.44. The van der Waals surface area contributed by atoms with Crippen molar-refractivity contribution in [2.24, 2.45) is 11.7 Å². The Hall–Kier alpha value is -3.63. The summed E-state index contributed by atoms with van der Waals surface area (Å²) in [5.41, 5.74) is 8.88. The van der Waals surface area contributed by atoms with Crippen molar-refractivity contribution >= 4 is 17.2 Å². The number of ether oxygens (including phenoxy) is 2. The Morgan fingerprint density at radius 1 is 1.05 bits per heavy atom. The van der Waals surface area contributed by atoms with E-state index < -0.39 is 11.6 Å². The first-order valence-electron chi connectivity index (χ1n) is 13.5. The number of anilines is 2. The van der Waals surface area contributed by atoms with Gasteiger partial charge < -0.3 is 20.5 Å². The summed E-state index contributed by atoms with van der Waals surface area (Å²) in [6, 6.07) is 7.92. The van der Waals surface area contributed by atoms with E-state index >= 15 is 8.78 Å². The number of nitrogens with two attached hydrogens (primary N) is 1. The quantitative estimate of drug-likeness (QED) is 0.332. The second-order valence-corrected chi connectivity index (χ2v) is 10.7. The number of halogens is 2. The lowest BCUT2D eigenvalue weighted by molar-refractivity contribution is 0.0253. The van der Waals surface area contributed by atoms with Crippen LogP contribution in [0.4, 0.5) is 20.4 Å². The van der Waals surface area contributed by atoms with Gasteiger partial charge in [-0.2, -0.15) is 9.61 Å². The zero-order valence-electron chi connectivity index (χ0n) is 21.8. The van der Waals surface area contributed by atoms with Gasteiger partial charge in [0, 0.05) is 37.2 Å². The molecule has 2 fully saturated rings. The van der Waals surface area contributed by atoms with E-state index in [0.717, 1.165) is 30.5 Å². The van der Waals surface area contributed by atoms with E-state index in [1.165, 1.54) is 12.1 Å². The summed E-state index contributed by atoms with van der Waals surface area (Å²) < 4.78 is 43.1. The molecule has 204 valence electrons. The Morgan fingerprint density at radius 2 is 1.85 bits per heavy atom. The number of hydrogen-bond acceptors (Lipinski definition) is 7. The lowest BCUT2D eigenvalue weighted by Crippen LogP contribution is -2.31. The van der Waals surface area contributed by atoms with Crippen LogP contribution in [0.5, 0.6) is 5.75 Å². The predicted molar refractivity (Wildman–Crippen MR) is 144 cm³/mol. The van der Waals surface area contributed by atoms with Gasteiger partial charge in [0.2, 0.25) is 5.95 Å². The van der Waals surface area contributed by atoms with Crippen LogP contribution in [-0.4, -0.2) is 44.9 Å². The summed E-state index contributed by atoms with van der Waals surface area (Å²) in [5, 5.41) is 7.90. The standard InChI is InChI=1S/C29H32F2N6O2/c1-17-10-18(12-19(32)11-17)23-4-7-33-16-27(23)35-29-34-15-20-2-3-26(36-37(20)29)28-24(30)13-22(14-25(28)31)39-21-5-8-38-9-6-21/h2-4,7,13-19,21H,5-6,8-12,32H2,1H3,(H,34,35). The maximum atomic E-state index is 15.2. The molecule has 10 heteroatoms. The Labute approximate surface area is 225 Å². The second-order valence-electron chi connectivity index (χ2n) is 10.7. The van der Waals surface area contributed by atoms with Crippen LogP contribution in [0.15, 0.2) is 48.9 Å². The van der Waals surface area contributed by atoms with E-state index in [2.05, 4.69) is 27.3 Å². The largest absolute Gasteiger partial charge is 0.490 e. The lowest BCUT2D eigenvalue weighted by Gasteiger charge is -2.32. The molecule has 1 aliphatic heterocycles. The Balaban J connectivity index is 1.29. The molecule has 0 spiro atoms. The zero-order valence-corrected chi connectivity index (χ0v) is 21.8. The highest BCUT2D eigenvalue weighted by atomic mass is 19.1. The number of pyridine rings is 1. The van der Waals surface area contributed by atoms with E-state index in [-0.39, 0.29) is 29.2 Å². The minimum Gasteiger partial charge on any atom is -0.490 e.